The molecule has 0 aromatic heterocycles. The minimum Gasteiger partial charge on any atom is -0.522 e. The summed E-state index contributed by atoms with van der Waals surface area (Å²) in [5.74, 6) is 0.131. The van der Waals surface area contributed by atoms with Crippen LogP contribution < -0.4 is 4.74 Å². The Bertz CT molecular complexity index is 289. The van der Waals surface area contributed by atoms with E-state index in [9.17, 15) is 12.9 Å². The van der Waals surface area contributed by atoms with Crippen LogP contribution in [0, 0.1) is 0 Å². The second-order valence-electron chi connectivity index (χ2n) is 2.48. The molecule has 72 valence electrons. The molecule has 1 aromatic rings. The quantitative estimate of drug-likeness (QED) is 0.695. The van der Waals surface area contributed by atoms with Crippen molar-refractivity contribution >= 4 is 18.6 Å². The zero-order valence-electron chi connectivity index (χ0n) is 6.51. The maximum absolute atomic E-state index is 11.7. The zero-order chi connectivity index (χ0) is 9.90. The average molecular weight is 209 g/mol. The molecule has 0 atom stereocenters. The fourth-order valence-electron chi connectivity index (χ4n) is 0.747. The summed E-state index contributed by atoms with van der Waals surface area (Å²) in [6.07, 6.45) is 0. The van der Waals surface area contributed by atoms with Crippen LogP contribution in [0.4, 0.5) is 12.9 Å². The lowest BCUT2D eigenvalue weighted by Crippen LogP contribution is -2.26. The first-order valence-electron chi connectivity index (χ1n) is 3.57. The SMILES string of the molecule is F[B-](F)(F)COc1cccc(Cl)c1. The second kappa shape index (κ2) is 3.92. The molecule has 0 unspecified atom stereocenters. The minimum absolute atomic E-state index is 0.131. The first-order chi connectivity index (χ1) is 5.97. The van der Waals surface area contributed by atoms with E-state index in [-0.39, 0.29) is 5.75 Å². The first-order valence-corrected chi connectivity index (χ1v) is 3.94. The molecule has 1 rings (SSSR count). The van der Waals surface area contributed by atoms with Crippen LogP contribution in [0.3, 0.4) is 0 Å². The normalized spacial score (nSPS) is 11.4. The molecular formula is C7H6BClF3O-. The van der Waals surface area contributed by atoms with Gasteiger partial charge in [0, 0.05) is 5.02 Å². The molecule has 0 heterocycles. The van der Waals surface area contributed by atoms with E-state index in [2.05, 4.69) is 4.74 Å². The molecular weight excluding hydrogens is 203 g/mol. The first kappa shape index (κ1) is 10.2. The predicted octanol–water partition coefficient (Wildman–Crippen LogP) is 3.11. The molecule has 0 saturated carbocycles. The van der Waals surface area contributed by atoms with Crippen LogP contribution in [0.15, 0.2) is 24.3 Å². The van der Waals surface area contributed by atoms with Crippen molar-refractivity contribution in [1.29, 1.82) is 0 Å². The highest BCUT2D eigenvalue weighted by Crippen LogP contribution is 2.19. The number of hydrogen-bond acceptors (Lipinski definition) is 1. The third kappa shape index (κ3) is 4.08. The number of rotatable bonds is 3. The van der Waals surface area contributed by atoms with E-state index >= 15 is 0 Å². The Balaban J connectivity index is 2.55. The van der Waals surface area contributed by atoms with Gasteiger partial charge in [0.25, 0.3) is 0 Å². The second-order valence-corrected chi connectivity index (χ2v) is 2.92. The number of halogens is 4. The molecule has 1 nitrogen and oxygen atoms in total. The molecule has 0 saturated heterocycles. The highest BCUT2D eigenvalue weighted by molar-refractivity contribution is 6.58. The summed E-state index contributed by atoms with van der Waals surface area (Å²) in [6.45, 7) is -6.14. The summed E-state index contributed by atoms with van der Waals surface area (Å²) in [5.41, 5.74) is 0. The Morgan fingerprint density at radius 2 is 2.00 bits per heavy atom. The van der Waals surface area contributed by atoms with Gasteiger partial charge in [0.05, 0.1) is 6.51 Å². The van der Waals surface area contributed by atoms with Crippen LogP contribution in [0.1, 0.15) is 0 Å². The van der Waals surface area contributed by atoms with Crippen LogP contribution in [-0.2, 0) is 0 Å². The van der Waals surface area contributed by atoms with Gasteiger partial charge in [-0.3, -0.25) is 0 Å². The molecule has 0 aliphatic rings. The Hall–Kier alpha value is -0.835. The standard InChI is InChI=1S/C7H6BClF3O/c9-6-2-1-3-7(4-6)13-5-8(10,11)12/h1-4H,5H2/q-1. The Morgan fingerprint density at radius 1 is 1.31 bits per heavy atom. The van der Waals surface area contributed by atoms with E-state index in [1.165, 1.54) is 18.2 Å². The van der Waals surface area contributed by atoms with Crippen molar-refractivity contribution in [3.63, 3.8) is 0 Å². The molecule has 13 heavy (non-hydrogen) atoms. The van der Waals surface area contributed by atoms with Crippen molar-refractivity contribution in [2.24, 2.45) is 0 Å². The fourth-order valence-corrected chi connectivity index (χ4v) is 0.928. The molecule has 0 aliphatic carbocycles. The van der Waals surface area contributed by atoms with Crippen LogP contribution in [0.25, 0.3) is 0 Å². The summed E-state index contributed by atoms with van der Waals surface area (Å²) in [4.78, 5) is 0. The third-order valence-electron chi connectivity index (χ3n) is 1.24. The van der Waals surface area contributed by atoms with Gasteiger partial charge in [0.1, 0.15) is 5.75 Å². The van der Waals surface area contributed by atoms with Crippen LogP contribution >= 0.6 is 11.6 Å². The van der Waals surface area contributed by atoms with E-state index < -0.39 is 13.5 Å². The maximum atomic E-state index is 11.7. The fraction of sp³-hybridized carbons (Fsp3) is 0.143. The molecule has 0 bridgehead atoms. The molecule has 0 amide bonds. The topological polar surface area (TPSA) is 9.23 Å². The van der Waals surface area contributed by atoms with Crippen molar-refractivity contribution in [2.45, 2.75) is 0 Å². The lowest BCUT2D eigenvalue weighted by molar-refractivity contribution is 0.313. The summed E-state index contributed by atoms with van der Waals surface area (Å²) in [7, 11) is 0. The maximum Gasteiger partial charge on any atom is 0.515 e. The predicted molar refractivity (Wildman–Crippen MR) is 46.0 cm³/mol. The highest BCUT2D eigenvalue weighted by atomic mass is 35.5. The summed E-state index contributed by atoms with van der Waals surface area (Å²) in [6, 6.07) is 5.85. The lowest BCUT2D eigenvalue weighted by atomic mass is 9.95. The van der Waals surface area contributed by atoms with Gasteiger partial charge >= 0.3 is 6.98 Å². The third-order valence-corrected chi connectivity index (χ3v) is 1.47. The highest BCUT2D eigenvalue weighted by Gasteiger charge is 2.24. The average Bonchev–Trinajstić information content (AvgIpc) is 2.00. The largest absolute Gasteiger partial charge is 0.522 e. The van der Waals surface area contributed by atoms with Gasteiger partial charge < -0.3 is 17.7 Å². The van der Waals surface area contributed by atoms with Crippen molar-refractivity contribution < 1.29 is 17.7 Å². The van der Waals surface area contributed by atoms with Crippen molar-refractivity contribution in [1.82, 2.24) is 0 Å². The number of hydrogen-bond donors (Lipinski definition) is 0. The van der Waals surface area contributed by atoms with E-state index in [0.29, 0.717) is 5.02 Å². The van der Waals surface area contributed by atoms with Crippen molar-refractivity contribution in [2.75, 3.05) is 6.51 Å². The smallest absolute Gasteiger partial charge is 0.515 e. The van der Waals surface area contributed by atoms with E-state index in [4.69, 9.17) is 11.6 Å². The lowest BCUT2D eigenvalue weighted by Gasteiger charge is -2.14. The Morgan fingerprint density at radius 3 is 2.54 bits per heavy atom. The van der Waals surface area contributed by atoms with Gasteiger partial charge in [-0.15, -0.1) is 0 Å². The van der Waals surface area contributed by atoms with Gasteiger partial charge in [-0.2, -0.15) is 0 Å². The van der Waals surface area contributed by atoms with Crippen LogP contribution in [-0.4, -0.2) is 13.5 Å². The van der Waals surface area contributed by atoms with E-state index in [1.807, 2.05) is 0 Å². The molecule has 6 heteroatoms. The monoisotopic (exact) mass is 209 g/mol. The van der Waals surface area contributed by atoms with Crippen LogP contribution in [0.2, 0.25) is 5.02 Å². The molecule has 0 fully saturated rings. The van der Waals surface area contributed by atoms with Gasteiger partial charge in [0.2, 0.25) is 0 Å². The molecule has 0 aliphatic heterocycles. The molecule has 0 spiro atoms. The Labute approximate surface area is 78.5 Å². The van der Waals surface area contributed by atoms with Gasteiger partial charge in [0.15, 0.2) is 0 Å². The summed E-state index contributed by atoms with van der Waals surface area (Å²) < 4.78 is 39.7. The molecule has 0 N–H and O–H groups in total. The van der Waals surface area contributed by atoms with Crippen molar-refractivity contribution in [3.05, 3.63) is 29.3 Å². The Kier molecular flexibility index (Phi) is 3.09. The van der Waals surface area contributed by atoms with Gasteiger partial charge in [-0.05, 0) is 18.2 Å². The molecule has 1 aromatic carbocycles. The minimum atomic E-state index is -4.90. The van der Waals surface area contributed by atoms with Crippen LogP contribution in [0.5, 0.6) is 5.75 Å². The summed E-state index contributed by atoms with van der Waals surface area (Å²) in [5, 5.41) is 0.354. The van der Waals surface area contributed by atoms with Crippen molar-refractivity contribution in [3.8, 4) is 5.75 Å². The van der Waals surface area contributed by atoms with Gasteiger partial charge in [-0.1, -0.05) is 17.7 Å². The van der Waals surface area contributed by atoms with E-state index in [0.717, 1.165) is 0 Å². The zero-order valence-corrected chi connectivity index (χ0v) is 7.27. The van der Waals surface area contributed by atoms with E-state index in [1.54, 1.807) is 6.07 Å². The number of benzene rings is 1. The van der Waals surface area contributed by atoms with Gasteiger partial charge in [-0.25, -0.2) is 0 Å². The molecule has 0 radical (unpaired) electrons. The number of ether oxygens (including phenoxy) is 1. The summed E-state index contributed by atoms with van der Waals surface area (Å²) >= 11 is 5.54.